The summed E-state index contributed by atoms with van der Waals surface area (Å²) in [4.78, 5) is 12.2. The Balaban J connectivity index is 1.93. The fraction of sp³-hybridized carbons (Fsp3) is 0.714. The molecule has 0 saturated heterocycles. The van der Waals surface area contributed by atoms with Gasteiger partial charge in [0.25, 0.3) is 0 Å². The van der Waals surface area contributed by atoms with Crippen LogP contribution in [0, 0.1) is 5.41 Å². The second-order valence-corrected chi connectivity index (χ2v) is 5.68. The molecule has 1 heterocycles. The SMILES string of the molecule is Cn1cc(CC(=O)CC2(CN)CCCCC2)cn1. The van der Waals surface area contributed by atoms with Crippen LogP contribution in [0.1, 0.15) is 44.1 Å². The molecule has 1 saturated carbocycles. The Morgan fingerprint density at radius 1 is 1.44 bits per heavy atom. The summed E-state index contributed by atoms with van der Waals surface area (Å²) in [6.45, 7) is 0.645. The maximum Gasteiger partial charge on any atom is 0.137 e. The second-order valence-electron chi connectivity index (χ2n) is 5.68. The van der Waals surface area contributed by atoms with Gasteiger partial charge in [0.2, 0.25) is 0 Å². The number of aryl methyl sites for hydroxylation is 1. The van der Waals surface area contributed by atoms with Crippen LogP contribution in [0.5, 0.6) is 0 Å². The van der Waals surface area contributed by atoms with Crippen LogP contribution in [-0.2, 0) is 18.3 Å². The van der Waals surface area contributed by atoms with E-state index in [0.29, 0.717) is 25.2 Å². The average molecular weight is 249 g/mol. The van der Waals surface area contributed by atoms with Crippen molar-refractivity contribution in [3.05, 3.63) is 18.0 Å². The van der Waals surface area contributed by atoms with Crippen molar-refractivity contribution in [2.24, 2.45) is 18.2 Å². The maximum atomic E-state index is 12.2. The summed E-state index contributed by atoms with van der Waals surface area (Å²) >= 11 is 0. The summed E-state index contributed by atoms with van der Waals surface area (Å²) in [5, 5.41) is 4.09. The molecule has 0 bridgehead atoms. The number of nitrogens with zero attached hydrogens (tertiary/aromatic N) is 2. The predicted molar refractivity (Wildman–Crippen MR) is 71.1 cm³/mol. The molecule has 18 heavy (non-hydrogen) atoms. The van der Waals surface area contributed by atoms with Gasteiger partial charge in [-0.1, -0.05) is 19.3 Å². The Bertz CT molecular complexity index is 405. The average Bonchev–Trinajstić information content (AvgIpc) is 2.75. The van der Waals surface area contributed by atoms with Crippen molar-refractivity contribution in [3.8, 4) is 0 Å². The first kappa shape index (κ1) is 13.3. The summed E-state index contributed by atoms with van der Waals surface area (Å²) < 4.78 is 1.74. The lowest BCUT2D eigenvalue weighted by Crippen LogP contribution is -2.35. The van der Waals surface area contributed by atoms with Crippen molar-refractivity contribution in [2.75, 3.05) is 6.54 Å². The number of nitrogens with two attached hydrogens (primary N) is 1. The summed E-state index contributed by atoms with van der Waals surface area (Å²) in [6.07, 6.45) is 10.8. The lowest BCUT2D eigenvalue weighted by atomic mass is 9.70. The molecule has 1 aromatic rings. The van der Waals surface area contributed by atoms with E-state index in [0.717, 1.165) is 18.4 Å². The zero-order valence-electron chi connectivity index (χ0n) is 11.2. The molecule has 1 fully saturated rings. The van der Waals surface area contributed by atoms with Crippen LogP contribution in [0.4, 0.5) is 0 Å². The van der Waals surface area contributed by atoms with E-state index >= 15 is 0 Å². The Hall–Kier alpha value is -1.16. The summed E-state index contributed by atoms with van der Waals surface area (Å²) in [7, 11) is 1.87. The number of Topliss-reactive ketones (excluding diaryl/α,β-unsaturated/α-hetero) is 1. The fourth-order valence-electron chi connectivity index (χ4n) is 3.03. The molecule has 2 rings (SSSR count). The zero-order valence-corrected chi connectivity index (χ0v) is 11.2. The van der Waals surface area contributed by atoms with Gasteiger partial charge in [0.15, 0.2) is 0 Å². The van der Waals surface area contributed by atoms with E-state index < -0.39 is 0 Å². The quantitative estimate of drug-likeness (QED) is 0.866. The van der Waals surface area contributed by atoms with E-state index in [2.05, 4.69) is 5.10 Å². The highest BCUT2D eigenvalue weighted by molar-refractivity contribution is 5.81. The van der Waals surface area contributed by atoms with Crippen molar-refractivity contribution >= 4 is 5.78 Å². The van der Waals surface area contributed by atoms with Crippen LogP contribution in [0.15, 0.2) is 12.4 Å². The minimum atomic E-state index is 0.0809. The zero-order chi connectivity index (χ0) is 13.0. The number of rotatable bonds is 5. The van der Waals surface area contributed by atoms with Gasteiger partial charge >= 0.3 is 0 Å². The minimum absolute atomic E-state index is 0.0809. The Morgan fingerprint density at radius 3 is 2.72 bits per heavy atom. The number of carbonyl (C=O) groups is 1. The van der Waals surface area contributed by atoms with E-state index in [9.17, 15) is 4.79 Å². The first-order valence-electron chi connectivity index (χ1n) is 6.83. The molecule has 2 N–H and O–H groups in total. The van der Waals surface area contributed by atoms with Crippen LogP contribution < -0.4 is 5.73 Å². The number of hydrogen-bond acceptors (Lipinski definition) is 3. The van der Waals surface area contributed by atoms with Crippen LogP contribution in [0.2, 0.25) is 0 Å². The molecule has 1 aromatic heterocycles. The normalized spacial score (nSPS) is 18.8. The Labute approximate surface area is 109 Å². The number of ketones is 1. The van der Waals surface area contributed by atoms with Crippen LogP contribution in [-0.4, -0.2) is 22.1 Å². The Morgan fingerprint density at radius 2 is 2.17 bits per heavy atom. The highest BCUT2D eigenvalue weighted by Crippen LogP contribution is 2.38. The molecule has 0 amide bonds. The van der Waals surface area contributed by atoms with Gasteiger partial charge in [-0.2, -0.15) is 5.10 Å². The number of carbonyl (C=O) groups excluding carboxylic acids is 1. The van der Waals surface area contributed by atoms with E-state index in [1.807, 2.05) is 13.2 Å². The molecule has 0 aliphatic heterocycles. The van der Waals surface area contributed by atoms with Gasteiger partial charge in [0.1, 0.15) is 5.78 Å². The lowest BCUT2D eigenvalue weighted by molar-refractivity contribution is -0.121. The minimum Gasteiger partial charge on any atom is -0.330 e. The van der Waals surface area contributed by atoms with Crippen molar-refractivity contribution in [3.63, 3.8) is 0 Å². The molecule has 4 heteroatoms. The van der Waals surface area contributed by atoms with E-state index in [1.54, 1.807) is 10.9 Å². The third-order valence-corrected chi connectivity index (χ3v) is 4.08. The standard InChI is InChI=1S/C14H23N3O/c1-17-10-12(9-16-17)7-13(18)8-14(11-15)5-3-2-4-6-14/h9-10H,2-8,11,15H2,1H3. The topological polar surface area (TPSA) is 60.9 Å². The van der Waals surface area contributed by atoms with Gasteiger partial charge in [-0.3, -0.25) is 9.48 Å². The van der Waals surface area contributed by atoms with Crippen molar-refractivity contribution in [2.45, 2.75) is 44.9 Å². The summed E-state index contributed by atoms with van der Waals surface area (Å²) in [6, 6.07) is 0. The van der Waals surface area contributed by atoms with Gasteiger partial charge in [0.05, 0.1) is 6.20 Å². The molecular formula is C14H23N3O. The van der Waals surface area contributed by atoms with Crippen molar-refractivity contribution < 1.29 is 4.79 Å². The number of hydrogen-bond donors (Lipinski definition) is 1. The highest BCUT2D eigenvalue weighted by atomic mass is 16.1. The monoisotopic (exact) mass is 249 g/mol. The largest absolute Gasteiger partial charge is 0.330 e. The summed E-state index contributed by atoms with van der Waals surface area (Å²) in [5.41, 5.74) is 7.00. The Kier molecular flexibility index (Phi) is 4.17. The molecule has 4 nitrogen and oxygen atoms in total. The molecule has 0 unspecified atom stereocenters. The van der Waals surface area contributed by atoms with Crippen molar-refractivity contribution in [1.29, 1.82) is 0 Å². The van der Waals surface area contributed by atoms with E-state index in [1.165, 1.54) is 19.3 Å². The van der Waals surface area contributed by atoms with Crippen molar-refractivity contribution in [1.82, 2.24) is 9.78 Å². The van der Waals surface area contributed by atoms with E-state index in [4.69, 9.17) is 5.73 Å². The molecule has 0 radical (unpaired) electrons. The van der Waals surface area contributed by atoms with Gasteiger partial charge in [-0.05, 0) is 30.4 Å². The fourth-order valence-corrected chi connectivity index (χ4v) is 3.03. The molecule has 0 atom stereocenters. The lowest BCUT2D eigenvalue weighted by Gasteiger charge is -2.35. The van der Waals surface area contributed by atoms with Crippen LogP contribution >= 0.6 is 0 Å². The molecule has 1 aliphatic rings. The summed E-state index contributed by atoms with van der Waals surface area (Å²) in [5.74, 6) is 0.301. The molecule has 100 valence electrons. The van der Waals surface area contributed by atoms with Crippen LogP contribution in [0.3, 0.4) is 0 Å². The molecular weight excluding hydrogens is 226 g/mol. The third-order valence-electron chi connectivity index (χ3n) is 4.08. The second kappa shape index (κ2) is 5.65. The highest BCUT2D eigenvalue weighted by Gasteiger charge is 2.32. The number of aromatic nitrogens is 2. The van der Waals surface area contributed by atoms with E-state index in [-0.39, 0.29) is 5.41 Å². The maximum absolute atomic E-state index is 12.2. The third kappa shape index (κ3) is 3.19. The van der Waals surface area contributed by atoms with Gasteiger partial charge in [0, 0.05) is 26.1 Å². The first-order valence-corrected chi connectivity index (χ1v) is 6.83. The predicted octanol–water partition coefficient (Wildman–Crippen LogP) is 1.83. The van der Waals surface area contributed by atoms with Gasteiger partial charge < -0.3 is 5.73 Å². The first-order chi connectivity index (χ1) is 8.63. The molecule has 1 aliphatic carbocycles. The van der Waals surface area contributed by atoms with Gasteiger partial charge in [-0.15, -0.1) is 0 Å². The van der Waals surface area contributed by atoms with Crippen LogP contribution in [0.25, 0.3) is 0 Å². The smallest absolute Gasteiger partial charge is 0.137 e. The molecule has 0 aromatic carbocycles. The molecule has 0 spiro atoms. The van der Waals surface area contributed by atoms with Gasteiger partial charge in [-0.25, -0.2) is 0 Å².